The van der Waals surface area contributed by atoms with E-state index >= 15 is 0 Å². The minimum Gasteiger partial charge on any atom is -0.550 e. The highest BCUT2D eigenvalue weighted by atomic mass is 16.8. The van der Waals surface area contributed by atoms with E-state index in [4.69, 9.17) is 14.2 Å². The zero-order valence-electron chi connectivity index (χ0n) is 20.1. The van der Waals surface area contributed by atoms with E-state index in [-0.39, 0.29) is 24.5 Å². The number of hydrogen-bond acceptors (Lipinski definition) is 12. The van der Waals surface area contributed by atoms with Gasteiger partial charge in [-0.2, -0.15) is 0 Å². The van der Waals surface area contributed by atoms with Gasteiger partial charge in [0.25, 0.3) is 0 Å². The summed E-state index contributed by atoms with van der Waals surface area (Å²) in [6, 6.07) is 0. The van der Waals surface area contributed by atoms with E-state index in [1.807, 2.05) is 0 Å². The lowest BCUT2D eigenvalue weighted by Crippen LogP contribution is -3.15. The van der Waals surface area contributed by atoms with Crippen molar-refractivity contribution in [3.8, 4) is 0 Å². The van der Waals surface area contributed by atoms with Crippen molar-refractivity contribution < 1.29 is 64.4 Å². The molecule has 3 aliphatic heterocycles. The Morgan fingerprint density at radius 2 is 1.84 bits per heavy atom. The van der Waals surface area contributed by atoms with E-state index in [9.17, 15) is 45.3 Å². The second-order valence-corrected chi connectivity index (χ2v) is 9.57. The highest BCUT2D eigenvalue weighted by Crippen LogP contribution is 2.36. The number of rotatable bonds is 10. The average Bonchev–Trinajstić information content (AvgIpc) is 2.87. The maximum absolute atomic E-state index is 11.8. The number of nitrogens with one attached hydrogen (secondary N) is 1. The molecule has 3 heterocycles. The summed E-state index contributed by atoms with van der Waals surface area (Å²) in [5, 5.41) is 72.3. The van der Waals surface area contributed by atoms with E-state index in [1.54, 1.807) is 12.2 Å². The standard InChI is InChI=1S/C24H35NO12/c1-2-14-15(4-3-12-7-13(21(31)32)9-25(8-12)5-6-26)16(22(33)34)11-35-23(14)37-24-20(30)19(29)18(28)17(10-27)36-24/h2-4,11-15,17-20,23-24,26-30H,1,5-10H2,(H,31,32)(H,33,34)/p-1. The molecule has 13 heteroatoms. The Kier molecular flexibility index (Phi) is 10.2. The molecular formula is C24H34NO12-. The molecule has 0 aliphatic carbocycles. The number of carboxylic acids is 2. The summed E-state index contributed by atoms with van der Waals surface area (Å²) in [6.07, 6.45) is -3.05. The number of likely N-dealkylation sites (tertiary alicyclic amines) is 1. The monoisotopic (exact) mass is 528 g/mol. The van der Waals surface area contributed by atoms with Crippen LogP contribution in [0.15, 0.2) is 36.6 Å². The lowest BCUT2D eigenvalue weighted by Gasteiger charge is -2.43. The lowest BCUT2D eigenvalue weighted by atomic mass is 9.81. The Morgan fingerprint density at radius 1 is 1.11 bits per heavy atom. The van der Waals surface area contributed by atoms with E-state index in [0.29, 0.717) is 19.6 Å². The quantitative estimate of drug-likeness (QED) is 0.146. The molecule has 0 bridgehead atoms. The maximum Gasteiger partial charge on any atom is 0.208 e. The lowest BCUT2D eigenvalue weighted by molar-refractivity contribution is -0.911. The third kappa shape index (κ3) is 6.75. The first-order chi connectivity index (χ1) is 17.6. The van der Waals surface area contributed by atoms with Crippen LogP contribution in [0.2, 0.25) is 0 Å². The fourth-order valence-corrected chi connectivity index (χ4v) is 5.09. The van der Waals surface area contributed by atoms with Gasteiger partial charge in [0.2, 0.25) is 6.29 Å². The van der Waals surface area contributed by atoms with Crippen molar-refractivity contribution in [1.82, 2.24) is 0 Å². The van der Waals surface area contributed by atoms with Crippen molar-refractivity contribution in [2.24, 2.45) is 23.7 Å². The zero-order valence-corrected chi connectivity index (χ0v) is 20.1. The second-order valence-electron chi connectivity index (χ2n) is 9.57. The molecule has 0 aromatic rings. The van der Waals surface area contributed by atoms with Crippen LogP contribution in [0, 0.1) is 23.7 Å². The van der Waals surface area contributed by atoms with Crippen LogP contribution < -0.4 is 15.1 Å². The number of carbonyl (C=O) groups is 2. The van der Waals surface area contributed by atoms with Crippen LogP contribution in [0.3, 0.4) is 0 Å². The smallest absolute Gasteiger partial charge is 0.208 e. The number of carboxylic acid groups (broad SMARTS) is 2. The molecule has 6 N–H and O–H groups in total. The van der Waals surface area contributed by atoms with Gasteiger partial charge in [-0.25, -0.2) is 0 Å². The Balaban J connectivity index is 1.81. The van der Waals surface area contributed by atoms with Gasteiger partial charge in [0.1, 0.15) is 31.0 Å². The van der Waals surface area contributed by atoms with Crippen LogP contribution in [-0.4, -0.2) is 107 Å². The highest BCUT2D eigenvalue weighted by molar-refractivity contribution is 5.85. The SMILES string of the molecule is C=CC1C(OC2OC(CO)C(O)C(O)C2O)OC=C(C(=O)[O-])C1C=CC1CC(C(=O)[O-])C[NH+](CCO)C1. The molecule has 0 radical (unpaired) electrons. The van der Waals surface area contributed by atoms with Crippen molar-refractivity contribution in [3.63, 3.8) is 0 Å². The zero-order chi connectivity index (χ0) is 27.3. The van der Waals surface area contributed by atoms with Crippen LogP contribution in [0.5, 0.6) is 0 Å². The van der Waals surface area contributed by atoms with Crippen LogP contribution in [-0.2, 0) is 23.8 Å². The van der Waals surface area contributed by atoms with Crippen LogP contribution in [0.4, 0.5) is 0 Å². The summed E-state index contributed by atoms with van der Waals surface area (Å²) in [6.45, 7) is 4.16. The number of aliphatic hydroxyl groups excluding tert-OH is 5. The van der Waals surface area contributed by atoms with Gasteiger partial charge in [0.05, 0.1) is 44.5 Å². The van der Waals surface area contributed by atoms with Crippen molar-refractivity contribution in [1.29, 1.82) is 0 Å². The first kappa shape index (κ1) is 29.2. The summed E-state index contributed by atoms with van der Waals surface area (Å²) in [4.78, 5) is 24.2. The summed E-state index contributed by atoms with van der Waals surface area (Å²) in [7, 11) is 0. The fourth-order valence-electron chi connectivity index (χ4n) is 5.09. The first-order valence-corrected chi connectivity index (χ1v) is 12.1. The minimum atomic E-state index is -1.70. The number of hydrogen-bond donors (Lipinski definition) is 6. The predicted molar refractivity (Wildman–Crippen MR) is 118 cm³/mol. The topological polar surface area (TPSA) is 214 Å². The molecule has 2 fully saturated rings. The molecule has 37 heavy (non-hydrogen) atoms. The molecule has 13 nitrogen and oxygen atoms in total. The van der Waals surface area contributed by atoms with Gasteiger partial charge in [-0.05, 0) is 6.42 Å². The average molecular weight is 529 g/mol. The van der Waals surface area contributed by atoms with Gasteiger partial charge in [0.15, 0.2) is 6.29 Å². The minimum absolute atomic E-state index is 0.113. The van der Waals surface area contributed by atoms with Crippen LogP contribution >= 0.6 is 0 Å². The number of ether oxygens (including phenoxy) is 3. The number of aliphatic hydroxyl groups is 5. The molecule has 3 aliphatic rings. The molecular weight excluding hydrogens is 494 g/mol. The van der Waals surface area contributed by atoms with Crippen molar-refractivity contribution >= 4 is 11.9 Å². The predicted octanol–water partition coefficient (Wildman–Crippen LogP) is -5.97. The Morgan fingerprint density at radius 3 is 2.43 bits per heavy atom. The number of allylic oxidation sites excluding steroid dienone is 1. The van der Waals surface area contributed by atoms with Gasteiger partial charge in [-0.1, -0.05) is 18.2 Å². The Hall–Kier alpha value is -2.36. The van der Waals surface area contributed by atoms with Gasteiger partial charge in [0, 0.05) is 29.2 Å². The first-order valence-electron chi connectivity index (χ1n) is 12.1. The summed E-state index contributed by atoms with van der Waals surface area (Å²) >= 11 is 0. The highest BCUT2D eigenvalue weighted by Gasteiger charge is 2.47. The number of piperidine rings is 1. The molecule has 11 atom stereocenters. The summed E-state index contributed by atoms with van der Waals surface area (Å²) in [5.41, 5.74) is -0.221. The summed E-state index contributed by atoms with van der Waals surface area (Å²) in [5.74, 6) is -5.39. The third-order valence-corrected chi connectivity index (χ3v) is 7.10. The molecule has 0 spiro atoms. The van der Waals surface area contributed by atoms with Gasteiger partial charge >= 0.3 is 0 Å². The Bertz CT molecular complexity index is 876. The maximum atomic E-state index is 11.8. The molecule has 2 saturated heterocycles. The largest absolute Gasteiger partial charge is 0.550 e. The molecule has 0 aromatic heterocycles. The van der Waals surface area contributed by atoms with E-state index in [2.05, 4.69) is 6.58 Å². The molecule has 3 rings (SSSR count). The Labute approximate surface area is 213 Å². The van der Waals surface area contributed by atoms with E-state index < -0.39 is 73.3 Å². The van der Waals surface area contributed by atoms with Crippen LogP contribution in [0.25, 0.3) is 0 Å². The molecule has 11 unspecified atom stereocenters. The third-order valence-electron chi connectivity index (χ3n) is 7.10. The normalized spacial score (nSPS) is 40.6. The number of aliphatic carboxylic acids is 2. The van der Waals surface area contributed by atoms with Crippen molar-refractivity contribution in [3.05, 3.63) is 36.6 Å². The van der Waals surface area contributed by atoms with Crippen LogP contribution in [0.1, 0.15) is 6.42 Å². The van der Waals surface area contributed by atoms with Crippen molar-refractivity contribution in [2.45, 2.75) is 43.4 Å². The fraction of sp³-hybridized carbons (Fsp3) is 0.667. The second kappa shape index (κ2) is 12.9. The van der Waals surface area contributed by atoms with E-state index in [0.717, 1.165) is 11.2 Å². The summed E-state index contributed by atoms with van der Waals surface area (Å²) < 4.78 is 16.5. The molecule has 0 saturated carbocycles. The van der Waals surface area contributed by atoms with Crippen molar-refractivity contribution in [2.75, 3.05) is 32.8 Å². The number of quaternary nitrogens is 1. The van der Waals surface area contributed by atoms with Gasteiger partial charge < -0.3 is 64.4 Å². The van der Waals surface area contributed by atoms with E-state index in [1.165, 1.54) is 6.08 Å². The molecule has 208 valence electrons. The molecule has 0 aromatic carbocycles. The van der Waals surface area contributed by atoms with Gasteiger partial charge in [-0.3, -0.25) is 0 Å². The number of carbonyl (C=O) groups excluding carboxylic acids is 2. The van der Waals surface area contributed by atoms with Gasteiger partial charge in [-0.15, -0.1) is 6.58 Å². The molecule has 0 amide bonds.